The van der Waals surface area contributed by atoms with Gasteiger partial charge in [-0.2, -0.15) is 0 Å². The summed E-state index contributed by atoms with van der Waals surface area (Å²) in [6, 6.07) is 4.62. The van der Waals surface area contributed by atoms with Crippen LogP contribution in [0.1, 0.15) is 67.6 Å². The van der Waals surface area contributed by atoms with Gasteiger partial charge in [0.2, 0.25) is 0 Å². The van der Waals surface area contributed by atoms with Gasteiger partial charge in [0, 0.05) is 42.5 Å². The van der Waals surface area contributed by atoms with Gasteiger partial charge < -0.3 is 20.1 Å². The first-order valence-electron chi connectivity index (χ1n) is 12.6. The van der Waals surface area contributed by atoms with Crippen LogP contribution in [-0.2, 0) is 5.54 Å². The molecular weight excluding hydrogens is 469 g/mol. The highest BCUT2D eigenvalue weighted by Gasteiger charge is 2.55. The number of carbonyl (C=O) groups is 1. The number of pyridine rings is 1. The Morgan fingerprint density at radius 2 is 1.78 bits per heavy atom. The van der Waals surface area contributed by atoms with Gasteiger partial charge >= 0.3 is 0 Å². The van der Waals surface area contributed by atoms with Gasteiger partial charge in [0.25, 0.3) is 17.9 Å². The molecule has 36 heavy (non-hydrogen) atoms. The zero-order valence-corrected chi connectivity index (χ0v) is 21.0. The van der Waals surface area contributed by atoms with Gasteiger partial charge in [-0.1, -0.05) is 18.2 Å². The first-order chi connectivity index (χ1) is 17.0. The van der Waals surface area contributed by atoms with Gasteiger partial charge in [0.05, 0.1) is 22.9 Å². The van der Waals surface area contributed by atoms with Crippen LogP contribution in [0.2, 0.25) is 0 Å². The maximum Gasteiger partial charge on any atom is 0.266 e. The molecule has 0 spiro atoms. The van der Waals surface area contributed by atoms with E-state index in [2.05, 4.69) is 22.6 Å². The second-order valence-corrected chi connectivity index (χ2v) is 11.2. The molecule has 1 aromatic heterocycles. The lowest BCUT2D eigenvalue weighted by atomic mass is 9.97. The number of fused-ring (bicyclic) bond motifs is 1. The predicted octanol–water partition coefficient (Wildman–Crippen LogP) is 4.53. The van der Waals surface area contributed by atoms with Gasteiger partial charge in [0.1, 0.15) is 5.82 Å². The van der Waals surface area contributed by atoms with E-state index >= 15 is 0 Å². The number of nitrogens with zero attached hydrogens (tertiary/aromatic N) is 2. The van der Waals surface area contributed by atoms with E-state index in [0.717, 1.165) is 32.0 Å². The largest absolute Gasteiger partial charge is 0.381 e. The third kappa shape index (κ3) is 4.42. The Bertz CT molecular complexity index is 1230. The highest BCUT2D eigenvalue weighted by Crippen LogP contribution is 2.47. The van der Waals surface area contributed by atoms with E-state index in [1.165, 1.54) is 18.2 Å². The van der Waals surface area contributed by atoms with Gasteiger partial charge in [-0.05, 0) is 58.4 Å². The van der Waals surface area contributed by atoms with E-state index in [-0.39, 0.29) is 17.2 Å². The zero-order valence-electron chi connectivity index (χ0n) is 21.0. The Hall–Kier alpha value is -2.81. The van der Waals surface area contributed by atoms with Crippen molar-refractivity contribution in [3.8, 4) is 0 Å². The van der Waals surface area contributed by atoms with Crippen LogP contribution in [-0.4, -0.2) is 41.6 Å². The Kier molecular flexibility index (Phi) is 6.17. The lowest BCUT2D eigenvalue weighted by Crippen LogP contribution is -2.39. The molecule has 1 unspecified atom stereocenters. The summed E-state index contributed by atoms with van der Waals surface area (Å²) in [4.78, 5) is 28.9. The smallest absolute Gasteiger partial charge is 0.266 e. The van der Waals surface area contributed by atoms with Crippen LogP contribution in [0.5, 0.6) is 0 Å². The number of alkyl halides is 2. The molecule has 6 nitrogen and oxygen atoms in total. The van der Waals surface area contributed by atoms with E-state index in [4.69, 9.17) is 0 Å². The molecule has 0 bridgehead atoms. The fourth-order valence-electron chi connectivity index (χ4n) is 5.82. The molecular formula is C27H33F3N4O2. The molecule has 1 aromatic carbocycles. The molecule has 4 atom stereocenters. The van der Waals surface area contributed by atoms with Crippen LogP contribution in [0, 0.1) is 23.6 Å². The van der Waals surface area contributed by atoms with E-state index in [0.29, 0.717) is 29.0 Å². The average molecular weight is 503 g/mol. The predicted molar refractivity (Wildman–Crippen MR) is 132 cm³/mol. The Morgan fingerprint density at radius 1 is 1.14 bits per heavy atom. The fourth-order valence-corrected chi connectivity index (χ4v) is 5.82. The van der Waals surface area contributed by atoms with Crippen molar-refractivity contribution in [2.24, 2.45) is 17.8 Å². The van der Waals surface area contributed by atoms with Crippen LogP contribution in [0.3, 0.4) is 0 Å². The normalized spacial score (nSPS) is 24.5. The summed E-state index contributed by atoms with van der Waals surface area (Å²) < 4.78 is 42.7. The van der Waals surface area contributed by atoms with Crippen molar-refractivity contribution in [3.63, 3.8) is 0 Å². The second-order valence-electron chi connectivity index (χ2n) is 11.2. The number of benzene rings is 1. The number of amides is 1. The number of aromatic nitrogens is 1. The number of hydrogen-bond acceptors (Lipinski definition) is 4. The molecule has 5 rings (SSSR count). The molecule has 9 heteroatoms. The number of hydrogen-bond donors (Lipinski definition) is 2. The van der Waals surface area contributed by atoms with Gasteiger partial charge in [-0.3, -0.25) is 9.59 Å². The lowest BCUT2D eigenvalue weighted by molar-refractivity contribution is 0.0938. The summed E-state index contributed by atoms with van der Waals surface area (Å²) in [5, 5.41) is 6.19. The van der Waals surface area contributed by atoms with Crippen LogP contribution < -0.4 is 16.2 Å². The average Bonchev–Trinajstić information content (AvgIpc) is 3.72. The number of piperidine rings is 1. The monoisotopic (exact) mass is 502 g/mol. The molecule has 2 aromatic rings. The summed E-state index contributed by atoms with van der Waals surface area (Å²) in [5.74, 6) is -0.209. The number of rotatable bonds is 8. The third-order valence-electron chi connectivity index (χ3n) is 8.30. The number of anilines is 1. The van der Waals surface area contributed by atoms with Crippen molar-refractivity contribution in [1.29, 1.82) is 0 Å². The molecule has 1 amide bonds. The van der Waals surface area contributed by atoms with Crippen molar-refractivity contribution in [3.05, 3.63) is 63.3 Å². The SMILES string of the molecule is C[C@@H](NC(=O)c1cn(C(C)(C)C2CC2)c(=O)cc1NC1[C@H]2CN(C)C[C@@H]12)c1cccc(C(F)F)c1F. The maximum atomic E-state index is 14.7. The Balaban J connectivity index is 1.45. The highest BCUT2D eigenvalue weighted by atomic mass is 19.3. The number of likely N-dealkylation sites (tertiary alicyclic amines) is 1. The van der Waals surface area contributed by atoms with Crippen molar-refractivity contribution in [1.82, 2.24) is 14.8 Å². The van der Waals surface area contributed by atoms with Crippen molar-refractivity contribution in [2.75, 3.05) is 25.5 Å². The van der Waals surface area contributed by atoms with Crippen molar-refractivity contribution >= 4 is 11.6 Å². The Morgan fingerprint density at radius 3 is 2.39 bits per heavy atom. The molecule has 3 aliphatic rings. The molecule has 2 heterocycles. The minimum absolute atomic E-state index is 0.0120. The number of carbonyl (C=O) groups excluding carboxylic acids is 1. The van der Waals surface area contributed by atoms with Crippen LogP contribution >= 0.6 is 0 Å². The van der Waals surface area contributed by atoms with E-state index in [1.54, 1.807) is 17.7 Å². The van der Waals surface area contributed by atoms with Gasteiger partial charge in [-0.15, -0.1) is 0 Å². The van der Waals surface area contributed by atoms with E-state index < -0.39 is 35.3 Å². The lowest BCUT2D eigenvalue weighted by Gasteiger charge is -2.29. The standard InChI is InChI=1S/C27H33F3N4O2/c1-14(16-6-5-7-17(23(16)28)25(29)30)31-26(36)20-13-34(27(2,3)15-8-9-15)22(35)10-21(20)32-24-18-11-33(4)12-19(18)24/h5-7,10,13-15,18-19,24-25,32H,8-9,11-12H2,1-4H3,(H,31,36)/t14-,18-,19+,24?/m1/s1. The number of halogens is 3. The first kappa shape index (κ1) is 24.9. The second kappa shape index (κ2) is 8.94. The molecule has 3 fully saturated rings. The minimum Gasteiger partial charge on any atom is -0.381 e. The van der Waals surface area contributed by atoms with Gasteiger partial charge in [0.15, 0.2) is 0 Å². The van der Waals surface area contributed by atoms with Gasteiger partial charge in [-0.25, -0.2) is 13.2 Å². The molecule has 2 saturated carbocycles. The molecule has 2 N–H and O–H groups in total. The first-order valence-corrected chi connectivity index (χ1v) is 12.6. The highest BCUT2D eigenvalue weighted by molar-refractivity contribution is 5.99. The molecule has 1 saturated heterocycles. The number of nitrogens with one attached hydrogen (secondary N) is 2. The fraction of sp³-hybridized carbons (Fsp3) is 0.556. The molecule has 0 radical (unpaired) electrons. The summed E-state index contributed by atoms with van der Waals surface area (Å²) >= 11 is 0. The minimum atomic E-state index is -2.95. The Labute approximate surface area is 208 Å². The van der Waals surface area contributed by atoms with E-state index in [9.17, 15) is 22.8 Å². The van der Waals surface area contributed by atoms with Crippen LogP contribution in [0.25, 0.3) is 0 Å². The topological polar surface area (TPSA) is 66.4 Å². The quantitative estimate of drug-likeness (QED) is 0.557. The molecule has 194 valence electrons. The molecule has 2 aliphatic carbocycles. The van der Waals surface area contributed by atoms with Crippen LogP contribution in [0.4, 0.5) is 18.9 Å². The van der Waals surface area contributed by atoms with Crippen molar-refractivity contribution < 1.29 is 18.0 Å². The zero-order chi connectivity index (χ0) is 25.9. The van der Waals surface area contributed by atoms with E-state index in [1.807, 2.05) is 13.8 Å². The molecule has 1 aliphatic heterocycles. The summed E-state index contributed by atoms with van der Waals surface area (Å²) in [6.45, 7) is 7.48. The summed E-state index contributed by atoms with van der Waals surface area (Å²) in [6.07, 6.45) is 0.697. The van der Waals surface area contributed by atoms with Crippen molar-refractivity contribution in [2.45, 2.75) is 57.7 Å². The third-order valence-corrected chi connectivity index (χ3v) is 8.30. The summed E-state index contributed by atoms with van der Waals surface area (Å²) in [7, 11) is 2.08. The van der Waals surface area contributed by atoms with Crippen LogP contribution in [0.15, 0.2) is 35.3 Å². The maximum absolute atomic E-state index is 14.7. The summed E-state index contributed by atoms with van der Waals surface area (Å²) in [5.41, 5.74) is -0.594.